The number of hydrogen-bond donors (Lipinski definition) is 1. The highest BCUT2D eigenvalue weighted by Crippen LogP contribution is 2.22. The molecule has 2 rings (SSSR count). The number of nitrogens with zero attached hydrogens (tertiary/aromatic N) is 1. The second kappa shape index (κ2) is 7.57. The number of halogens is 2. The highest BCUT2D eigenvalue weighted by molar-refractivity contribution is 9.10. The molecular formula is C17H20BrFN2. The Morgan fingerprint density at radius 3 is 2.62 bits per heavy atom. The Hall–Kier alpha value is -1.39. The van der Waals surface area contributed by atoms with Gasteiger partial charge in [-0.05, 0) is 43.2 Å². The Labute approximate surface area is 133 Å². The van der Waals surface area contributed by atoms with Crippen molar-refractivity contribution in [2.24, 2.45) is 5.73 Å². The molecule has 112 valence electrons. The minimum atomic E-state index is -0.185. The number of anilines is 1. The third-order valence-corrected chi connectivity index (χ3v) is 4.05. The van der Waals surface area contributed by atoms with Crippen LogP contribution in [0.3, 0.4) is 0 Å². The predicted molar refractivity (Wildman–Crippen MR) is 90.0 cm³/mol. The van der Waals surface area contributed by atoms with Gasteiger partial charge in [-0.1, -0.05) is 40.2 Å². The second-order valence-corrected chi connectivity index (χ2v) is 5.90. The monoisotopic (exact) mass is 350 g/mol. The molecule has 0 radical (unpaired) electrons. The smallest absolute Gasteiger partial charge is 0.146 e. The van der Waals surface area contributed by atoms with Gasteiger partial charge >= 0.3 is 0 Å². The van der Waals surface area contributed by atoms with Gasteiger partial charge in [0.1, 0.15) is 5.82 Å². The van der Waals surface area contributed by atoms with E-state index in [1.165, 1.54) is 6.07 Å². The highest BCUT2D eigenvalue weighted by Gasteiger charge is 2.12. The molecule has 2 nitrogen and oxygen atoms in total. The Balaban J connectivity index is 2.02. The van der Waals surface area contributed by atoms with E-state index in [0.29, 0.717) is 5.69 Å². The fraction of sp³-hybridized carbons (Fsp3) is 0.294. The van der Waals surface area contributed by atoms with E-state index in [1.54, 1.807) is 6.07 Å². The van der Waals surface area contributed by atoms with Crippen molar-refractivity contribution in [1.82, 2.24) is 0 Å². The number of para-hydroxylation sites is 1. The van der Waals surface area contributed by atoms with Crippen molar-refractivity contribution in [3.05, 3.63) is 64.4 Å². The summed E-state index contributed by atoms with van der Waals surface area (Å²) in [6.07, 6.45) is 0.776. The van der Waals surface area contributed by atoms with Gasteiger partial charge in [-0.2, -0.15) is 0 Å². The van der Waals surface area contributed by atoms with Crippen molar-refractivity contribution < 1.29 is 4.39 Å². The van der Waals surface area contributed by atoms with E-state index in [2.05, 4.69) is 15.9 Å². The number of hydrogen-bond acceptors (Lipinski definition) is 2. The minimum Gasteiger partial charge on any atom is -0.369 e. The van der Waals surface area contributed by atoms with Crippen LogP contribution in [0.25, 0.3) is 0 Å². The van der Waals surface area contributed by atoms with Gasteiger partial charge in [0.15, 0.2) is 0 Å². The van der Waals surface area contributed by atoms with Crippen molar-refractivity contribution in [3.63, 3.8) is 0 Å². The van der Waals surface area contributed by atoms with Crippen LogP contribution in [0, 0.1) is 5.82 Å². The average Bonchev–Trinajstić information content (AvgIpc) is 2.49. The normalized spacial score (nSPS) is 12.2. The van der Waals surface area contributed by atoms with Crippen molar-refractivity contribution in [3.8, 4) is 0 Å². The van der Waals surface area contributed by atoms with Crippen LogP contribution in [0.4, 0.5) is 10.1 Å². The van der Waals surface area contributed by atoms with Crippen LogP contribution in [-0.4, -0.2) is 13.1 Å². The molecule has 2 N–H and O–H groups in total. The zero-order chi connectivity index (χ0) is 15.2. The number of rotatable bonds is 6. The first-order valence-electron chi connectivity index (χ1n) is 7.12. The van der Waals surface area contributed by atoms with Crippen molar-refractivity contribution in [2.75, 3.05) is 18.0 Å². The molecular weight excluding hydrogens is 331 g/mol. The van der Waals surface area contributed by atoms with Crippen LogP contribution >= 0.6 is 15.9 Å². The summed E-state index contributed by atoms with van der Waals surface area (Å²) in [4.78, 5) is 2.02. The molecule has 0 aliphatic rings. The first kappa shape index (κ1) is 16.0. The summed E-state index contributed by atoms with van der Waals surface area (Å²) in [5, 5.41) is 0. The van der Waals surface area contributed by atoms with E-state index in [4.69, 9.17) is 5.73 Å². The molecule has 0 saturated carbocycles. The van der Waals surface area contributed by atoms with E-state index in [-0.39, 0.29) is 11.9 Å². The van der Waals surface area contributed by atoms with Gasteiger partial charge in [-0.15, -0.1) is 0 Å². The average molecular weight is 351 g/mol. The summed E-state index contributed by atoms with van der Waals surface area (Å²) >= 11 is 3.45. The van der Waals surface area contributed by atoms with Crippen LogP contribution in [0.15, 0.2) is 53.0 Å². The Kier molecular flexibility index (Phi) is 5.76. The van der Waals surface area contributed by atoms with Gasteiger partial charge in [0.05, 0.1) is 5.69 Å². The molecule has 0 saturated heterocycles. The second-order valence-electron chi connectivity index (χ2n) is 4.98. The third kappa shape index (κ3) is 4.29. The van der Waals surface area contributed by atoms with Crippen LogP contribution in [0.1, 0.15) is 24.9 Å². The molecule has 0 heterocycles. The molecule has 0 bridgehead atoms. The lowest BCUT2D eigenvalue weighted by molar-refractivity contribution is 0.598. The van der Waals surface area contributed by atoms with Crippen molar-refractivity contribution in [2.45, 2.75) is 19.4 Å². The van der Waals surface area contributed by atoms with Gasteiger partial charge in [0.2, 0.25) is 0 Å². The van der Waals surface area contributed by atoms with Crippen LogP contribution < -0.4 is 10.6 Å². The lowest BCUT2D eigenvalue weighted by atomic mass is 10.0. The van der Waals surface area contributed by atoms with E-state index >= 15 is 0 Å². The fourth-order valence-electron chi connectivity index (χ4n) is 2.36. The first-order valence-corrected chi connectivity index (χ1v) is 7.91. The van der Waals surface area contributed by atoms with E-state index in [1.807, 2.05) is 48.2 Å². The summed E-state index contributed by atoms with van der Waals surface area (Å²) in [6, 6.07) is 14.8. The molecule has 0 aliphatic carbocycles. The molecule has 4 heteroatoms. The third-order valence-electron chi connectivity index (χ3n) is 3.56. The molecule has 2 aromatic rings. The van der Waals surface area contributed by atoms with Gasteiger partial charge in [0.25, 0.3) is 0 Å². The minimum absolute atomic E-state index is 0.0525. The topological polar surface area (TPSA) is 29.3 Å². The predicted octanol–water partition coefficient (Wildman–Crippen LogP) is 4.50. The standard InChI is InChI=1S/C17H20BrFN2/c1-2-21(17-9-4-3-8-15(17)19)11-10-16(20)13-6-5-7-14(18)12-13/h3-9,12,16H,2,10-11,20H2,1H3. The summed E-state index contributed by atoms with van der Waals surface area (Å²) in [5.74, 6) is -0.185. The van der Waals surface area contributed by atoms with Gasteiger partial charge < -0.3 is 10.6 Å². The van der Waals surface area contributed by atoms with E-state index < -0.39 is 0 Å². The molecule has 0 amide bonds. The summed E-state index contributed by atoms with van der Waals surface area (Å²) in [5.41, 5.74) is 7.97. The summed E-state index contributed by atoms with van der Waals surface area (Å²) in [6.45, 7) is 3.51. The molecule has 0 aromatic heterocycles. The SMILES string of the molecule is CCN(CCC(N)c1cccc(Br)c1)c1ccccc1F. The Bertz CT molecular complexity index is 589. The molecule has 1 unspecified atom stereocenters. The first-order chi connectivity index (χ1) is 10.1. The maximum atomic E-state index is 13.8. The molecule has 1 atom stereocenters. The quantitative estimate of drug-likeness (QED) is 0.830. The zero-order valence-electron chi connectivity index (χ0n) is 12.1. The Morgan fingerprint density at radius 1 is 1.19 bits per heavy atom. The Morgan fingerprint density at radius 2 is 1.95 bits per heavy atom. The fourth-order valence-corrected chi connectivity index (χ4v) is 2.77. The summed E-state index contributed by atoms with van der Waals surface area (Å²) in [7, 11) is 0. The van der Waals surface area contributed by atoms with Crippen LogP contribution in [0.5, 0.6) is 0 Å². The van der Waals surface area contributed by atoms with Crippen LogP contribution in [-0.2, 0) is 0 Å². The van der Waals surface area contributed by atoms with Crippen molar-refractivity contribution >= 4 is 21.6 Å². The van der Waals surface area contributed by atoms with E-state index in [0.717, 1.165) is 29.5 Å². The van der Waals surface area contributed by atoms with Gasteiger partial charge in [-0.25, -0.2) is 4.39 Å². The lowest BCUT2D eigenvalue weighted by Crippen LogP contribution is -2.27. The van der Waals surface area contributed by atoms with Crippen molar-refractivity contribution in [1.29, 1.82) is 0 Å². The molecule has 0 aliphatic heterocycles. The maximum absolute atomic E-state index is 13.8. The lowest BCUT2D eigenvalue weighted by Gasteiger charge is -2.25. The summed E-state index contributed by atoms with van der Waals surface area (Å²) < 4.78 is 14.9. The maximum Gasteiger partial charge on any atom is 0.146 e. The molecule has 0 spiro atoms. The van der Waals surface area contributed by atoms with E-state index in [9.17, 15) is 4.39 Å². The largest absolute Gasteiger partial charge is 0.369 e. The molecule has 2 aromatic carbocycles. The van der Waals surface area contributed by atoms with Gasteiger partial charge in [0, 0.05) is 23.6 Å². The zero-order valence-corrected chi connectivity index (χ0v) is 13.7. The highest BCUT2D eigenvalue weighted by atomic mass is 79.9. The molecule has 0 fully saturated rings. The van der Waals surface area contributed by atoms with Crippen LogP contribution in [0.2, 0.25) is 0 Å². The number of benzene rings is 2. The molecule has 21 heavy (non-hydrogen) atoms. The van der Waals surface area contributed by atoms with Gasteiger partial charge in [-0.3, -0.25) is 0 Å². The number of nitrogens with two attached hydrogens (primary N) is 1.